The van der Waals surface area contributed by atoms with Crippen molar-refractivity contribution in [3.05, 3.63) is 0 Å². The van der Waals surface area contributed by atoms with E-state index >= 15 is 0 Å². The van der Waals surface area contributed by atoms with Gasteiger partial charge in [0.2, 0.25) is 0 Å². The molecule has 194 valence electrons. The number of hydrogen-bond donors (Lipinski definition) is 0. The van der Waals surface area contributed by atoms with Crippen LogP contribution in [0, 0.1) is 0 Å². The predicted octanol–water partition coefficient (Wildman–Crippen LogP) is 12.5. The summed E-state index contributed by atoms with van der Waals surface area (Å²) in [5, 5.41) is 1.20. The van der Waals surface area contributed by atoms with Gasteiger partial charge in [0.05, 0.1) is 8.07 Å². The third-order valence-electron chi connectivity index (χ3n) is 7.77. The number of rotatable bonds is 27. The molecule has 0 amide bonds. The molecule has 0 heterocycles. The topological polar surface area (TPSA) is 0 Å². The minimum Gasteiger partial charge on any atom is -0.0928 e. The van der Waals surface area contributed by atoms with Gasteiger partial charge in [-0.3, -0.25) is 0 Å². The van der Waals surface area contributed by atoms with Crippen molar-refractivity contribution in [3.63, 3.8) is 0 Å². The van der Waals surface area contributed by atoms with Gasteiger partial charge in [-0.15, -0.1) is 0 Å². The fraction of sp³-hybridized carbons (Fsp3) is 1.00. The molecular formula is C30H63BrSi. The number of halogens is 1. The third kappa shape index (κ3) is 21.2. The molecule has 0 unspecified atom stereocenters. The van der Waals surface area contributed by atoms with E-state index in [0.717, 1.165) is 0 Å². The van der Waals surface area contributed by atoms with Crippen LogP contribution < -0.4 is 0 Å². The third-order valence-corrected chi connectivity index (χ3v) is 14.0. The van der Waals surface area contributed by atoms with Crippen molar-refractivity contribution in [1.29, 1.82) is 0 Å². The van der Waals surface area contributed by atoms with Gasteiger partial charge in [0, 0.05) is 5.33 Å². The Bertz CT molecular complexity index is 303. The Labute approximate surface area is 215 Å². The van der Waals surface area contributed by atoms with Gasteiger partial charge < -0.3 is 0 Å². The lowest BCUT2D eigenvalue weighted by Gasteiger charge is -2.33. The van der Waals surface area contributed by atoms with E-state index in [1.807, 2.05) is 0 Å². The van der Waals surface area contributed by atoms with Gasteiger partial charge in [-0.05, 0) is 6.42 Å². The van der Waals surface area contributed by atoms with Crippen LogP contribution in [0.15, 0.2) is 0 Å². The Balaban J connectivity index is 4.72. The molecule has 0 spiro atoms. The molecule has 0 aromatic heterocycles. The van der Waals surface area contributed by atoms with E-state index in [-0.39, 0.29) is 0 Å². The fourth-order valence-electron chi connectivity index (χ4n) is 5.54. The molecule has 0 atom stereocenters. The van der Waals surface area contributed by atoms with Gasteiger partial charge in [0.25, 0.3) is 0 Å². The average Bonchev–Trinajstić information content (AvgIpc) is 2.80. The van der Waals surface area contributed by atoms with Crippen LogP contribution in [-0.4, -0.2) is 13.4 Å². The first-order chi connectivity index (χ1) is 15.7. The molecule has 0 fully saturated rings. The minimum atomic E-state index is -1.07. The minimum absolute atomic E-state index is 1.07. The highest BCUT2D eigenvalue weighted by atomic mass is 79.9. The lowest BCUT2D eigenvalue weighted by atomic mass is 10.1. The second kappa shape index (κ2) is 26.3. The zero-order valence-corrected chi connectivity index (χ0v) is 25.6. The zero-order valence-electron chi connectivity index (χ0n) is 23.0. The first kappa shape index (κ1) is 32.7. The Hall–Kier alpha value is 0.697. The first-order valence-corrected chi connectivity index (χ1v) is 19.3. The second-order valence-electron chi connectivity index (χ2n) is 10.9. The Morgan fingerprint density at radius 1 is 0.344 bits per heavy atom. The summed E-state index contributed by atoms with van der Waals surface area (Å²) in [6, 6.07) is 6.67. The monoisotopic (exact) mass is 530 g/mol. The van der Waals surface area contributed by atoms with Crippen LogP contribution in [0.25, 0.3) is 0 Å². The van der Waals surface area contributed by atoms with Gasteiger partial charge in [-0.2, -0.15) is 0 Å². The molecule has 0 aliphatic rings. The van der Waals surface area contributed by atoms with Crippen molar-refractivity contribution < 1.29 is 0 Å². The van der Waals surface area contributed by atoms with E-state index < -0.39 is 8.07 Å². The van der Waals surface area contributed by atoms with E-state index in [1.165, 1.54) is 121 Å². The summed E-state index contributed by atoms with van der Waals surface area (Å²) in [6.07, 6.45) is 32.5. The molecule has 0 aromatic carbocycles. The fourth-order valence-corrected chi connectivity index (χ4v) is 11.4. The van der Waals surface area contributed by atoms with Crippen LogP contribution in [0.4, 0.5) is 0 Å². The van der Waals surface area contributed by atoms with E-state index in [4.69, 9.17) is 0 Å². The van der Waals surface area contributed by atoms with Crippen molar-refractivity contribution >= 4 is 24.0 Å². The lowest BCUT2D eigenvalue weighted by Crippen LogP contribution is -2.34. The van der Waals surface area contributed by atoms with Gasteiger partial charge in [-0.1, -0.05) is 196 Å². The van der Waals surface area contributed by atoms with Crippen LogP contribution in [0.5, 0.6) is 0 Å². The highest BCUT2D eigenvalue weighted by Gasteiger charge is 2.30. The molecule has 0 radical (unpaired) electrons. The standard InChI is InChI=1S/C30H63BrSi/c1-4-7-10-13-17-22-27-32(30-25-20-16-21-26-31,28-23-18-14-11-8-5-2)29-24-19-15-12-9-6-3/h4-30H2,1-3H3. The highest BCUT2D eigenvalue weighted by Crippen LogP contribution is 2.35. The maximum atomic E-state index is 3.63. The first-order valence-electron chi connectivity index (χ1n) is 15.3. The van der Waals surface area contributed by atoms with Gasteiger partial charge in [0.15, 0.2) is 0 Å². The van der Waals surface area contributed by atoms with Crippen LogP contribution in [0.3, 0.4) is 0 Å². The van der Waals surface area contributed by atoms with Crippen LogP contribution in [-0.2, 0) is 0 Å². The van der Waals surface area contributed by atoms with Crippen LogP contribution >= 0.6 is 15.9 Å². The SMILES string of the molecule is CCCCCCCC[Si](CCCCCCBr)(CCCCCCCC)CCCCCCCC. The lowest BCUT2D eigenvalue weighted by molar-refractivity contribution is 0.602. The largest absolute Gasteiger partial charge is 0.0928 e. The summed E-state index contributed by atoms with van der Waals surface area (Å²) >= 11 is 3.63. The van der Waals surface area contributed by atoms with Crippen molar-refractivity contribution in [2.75, 3.05) is 5.33 Å². The summed E-state index contributed by atoms with van der Waals surface area (Å²) in [6.45, 7) is 7.03. The van der Waals surface area contributed by atoms with Gasteiger partial charge in [0.1, 0.15) is 0 Å². The maximum Gasteiger partial charge on any atom is 0.0535 e. The number of alkyl halides is 1. The van der Waals surface area contributed by atoms with Gasteiger partial charge >= 0.3 is 0 Å². The van der Waals surface area contributed by atoms with Gasteiger partial charge in [-0.25, -0.2) is 0 Å². The molecule has 0 aliphatic carbocycles. The van der Waals surface area contributed by atoms with Crippen molar-refractivity contribution in [2.24, 2.45) is 0 Å². The predicted molar refractivity (Wildman–Crippen MR) is 157 cm³/mol. The average molecular weight is 532 g/mol. The summed E-state index contributed by atoms with van der Waals surface area (Å²) < 4.78 is 0. The van der Waals surface area contributed by atoms with E-state index in [2.05, 4.69) is 36.7 Å². The molecule has 0 aliphatic heterocycles. The molecule has 32 heavy (non-hydrogen) atoms. The molecule has 0 nitrogen and oxygen atoms in total. The molecule has 0 aromatic rings. The van der Waals surface area contributed by atoms with E-state index in [9.17, 15) is 0 Å². The van der Waals surface area contributed by atoms with Crippen molar-refractivity contribution in [1.82, 2.24) is 0 Å². The highest BCUT2D eigenvalue weighted by molar-refractivity contribution is 9.09. The second-order valence-corrected chi connectivity index (χ2v) is 16.7. The molecule has 0 bridgehead atoms. The summed E-state index contributed by atoms with van der Waals surface area (Å²) in [4.78, 5) is 0. The number of unbranched alkanes of at least 4 members (excludes halogenated alkanes) is 18. The Kier molecular flexibility index (Phi) is 26.9. The van der Waals surface area contributed by atoms with E-state index in [1.54, 1.807) is 49.9 Å². The van der Waals surface area contributed by atoms with E-state index in [0.29, 0.717) is 0 Å². The summed E-state index contributed by atoms with van der Waals surface area (Å²) in [7, 11) is -1.07. The Morgan fingerprint density at radius 3 is 0.875 bits per heavy atom. The molecule has 0 saturated carbocycles. The molecule has 2 heteroatoms. The molecule has 0 saturated heterocycles. The molecule has 0 rings (SSSR count). The Morgan fingerprint density at radius 2 is 0.594 bits per heavy atom. The number of hydrogen-bond acceptors (Lipinski definition) is 0. The normalized spacial score (nSPS) is 12.0. The van der Waals surface area contributed by atoms with Crippen molar-refractivity contribution in [2.45, 2.75) is 186 Å². The quantitative estimate of drug-likeness (QED) is 0.0561. The van der Waals surface area contributed by atoms with Crippen LogP contribution in [0.2, 0.25) is 24.2 Å². The zero-order chi connectivity index (χ0) is 23.6. The smallest absolute Gasteiger partial charge is 0.0535 e. The molecular weight excluding hydrogens is 468 g/mol. The maximum absolute atomic E-state index is 3.63. The molecule has 0 N–H and O–H groups in total. The summed E-state index contributed by atoms with van der Waals surface area (Å²) in [5.74, 6) is 0. The van der Waals surface area contributed by atoms with Crippen molar-refractivity contribution in [3.8, 4) is 0 Å². The summed E-state index contributed by atoms with van der Waals surface area (Å²) in [5.41, 5.74) is 0. The van der Waals surface area contributed by atoms with Crippen LogP contribution in [0.1, 0.15) is 162 Å².